The van der Waals surface area contributed by atoms with E-state index in [9.17, 15) is 0 Å². The second-order valence-electron chi connectivity index (χ2n) is 12.3. The van der Waals surface area contributed by atoms with Crippen LogP contribution >= 0.6 is 0 Å². The fraction of sp³-hybridized carbons (Fsp3) is 0.116. The number of para-hydroxylation sites is 2. The number of allylic oxidation sites excluding steroid dienone is 7. The lowest BCUT2D eigenvalue weighted by atomic mass is 9.66. The molecule has 0 saturated carbocycles. The number of benzene rings is 5. The van der Waals surface area contributed by atoms with E-state index in [1.165, 1.54) is 39.0 Å². The molecule has 0 N–H and O–H groups in total. The van der Waals surface area contributed by atoms with Gasteiger partial charge in [0.2, 0.25) is 0 Å². The van der Waals surface area contributed by atoms with Crippen LogP contribution in [0.25, 0.3) is 11.1 Å². The Kier molecular flexibility index (Phi) is 6.02. The Balaban J connectivity index is 1.31. The highest BCUT2D eigenvalue weighted by Gasteiger charge is 2.47. The maximum atomic E-state index is 6.66. The van der Waals surface area contributed by atoms with Crippen molar-refractivity contribution in [3.05, 3.63) is 197 Å². The van der Waals surface area contributed by atoms with Crippen LogP contribution in [0.4, 0.5) is 11.4 Å². The Morgan fingerprint density at radius 2 is 1.38 bits per heavy atom. The van der Waals surface area contributed by atoms with Gasteiger partial charge in [0.05, 0.1) is 17.0 Å². The van der Waals surface area contributed by atoms with Gasteiger partial charge < -0.3 is 9.64 Å². The summed E-state index contributed by atoms with van der Waals surface area (Å²) in [6.07, 6.45) is 14.8. The normalized spacial score (nSPS) is 20.5. The molecule has 0 saturated heterocycles. The molecule has 2 heteroatoms. The third kappa shape index (κ3) is 3.88. The van der Waals surface area contributed by atoms with Crippen molar-refractivity contribution in [2.24, 2.45) is 0 Å². The maximum absolute atomic E-state index is 6.66. The molecule has 0 fully saturated rings. The topological polar surface area (TPSA) is 12.5 Å². The van der Waals surface area contributed by atoms with Crippen molar-refractivity contribution in [1.82, 2.24) is 0 Å². The Labute approximate surface area is 264 Å². The van der Waals surface area contributed by atoms with Crippen molar-refractivity contribution in [2.75, 3.05) is 4.90 Å². The average molecular weight is 580 g/mol. The van der Waals surface area contributed by atoms with E-state index in [4.69, 9.17) is 4.74 Å². The second-order valence-corrected chi connectivity index (χ2v) is 12.3. The molecule has 2 unspecified atom stereocenters. The molecule has 2 nitrogen and oxygen atoms in total. The fourth-order valence-electron chi connectivity index (χ4n) is 8.02. The largest absolute Gasteiger partial charge is 0.459 e. The van der Waals surface area contributed by atoms with Crippen LogP contribution in [-0.4, -0.2) is 0 Å². The molecule has 2 atom stereocenters. The zero-order chi connectivity index (χ0) is 29.8. The lowest BCUT2D eigenvalue weighted by molar-refractivity contribution is 0.418. The van der Waals surface area contributed by atoms with Crippen molar-refractivity contribution in [3.8, 4) is 16.9 Å². The molecule has 3 aliphatic carbocycles. The molecular formula is C43H33NO. The van der Waals surface area contributed by atoms with Gasteiger partial charge in [0.1, 0.15) is 11.5 Å². The minimum Gasteiger partial charge on any atom is -0.459 e. The van der Waals surface area contributed by atoms with Gasteiger partial charge in [0.15, 0.2) is 0 Å². The van der Waals surface area contributed by atoms with Crippen LogP contribution in [0.15, 0.2) is 175 Å². The molecule has 0 spiro atoms. The van der Waals surface area contributed by atoms with Crippen LogP contribution in [-0.2, 0) is 5.41 Å². The molecule has 0 radical (unpaired) electrons. The second kappa shape index (κ2) is 10.4. The summed E-state index contributed by atoms with van der Waals surface area (Å²) in [6, 6.07) is 46.4. The Morgan fingerprint density at radius 3 is 2.22 bits per heavy atom. The van der Waals surface area contributed by atoms with Crippen molar-refractivity contribution in [2.45, 2.75) is 30.6 Å². The minimum absolute atomic E-state index is 0.215. The first kappa shape index (κ1) is 26.1. The van der Waals surface area contributed by atoms with E-state index in [0.29, 0.717) is 0 Å². The average Bonchev–Trinajstić information content (AvgIpc) is 3.64. The Hall–Kier alpha value is -5.34. The van der Waals surface area contributed by atoms with E-state index in [2.05, 4.69) is 163 Å². The summed E-state index contributed by atoms with van der Waals surface area (Å²) in [5, 5.41) is 0. The van der Waals surface area contributed by atoms with Crippen LogP contribution in [0, 0.1) is 0 Å². The van der Waals surface area contributed by atoms with Gasteiger partial charge in [-0.15, -0.1) is 0 Å². The van der Waals surface area contributed by atoms with Gasteiger partial charge in [0, 0.05) is 16.9 Å². The zero-order valence-corrected chi connectivity index (χ0v) is 25.1. The van der Waals surface area contributed by atoms with Gasteiger partial charge in [-0.1, -0.05) is 121 Å². The quantitative estimate of drug-likeness (QED) is 0.205. The van der Waals surface area contributed by atoms with Crippen molar-refractivity contribution in [1.29, 1.82) is 0 Å². The van der Waals surface area contributed by atoms with Crippen LogP contribution in [0.2, 0.25) is 0 Å². The summed E-state index contributed by atoms with van der Waals surface area (Å²) < 4.78 is 6.66. The van der Waals surface area contributed by atoms with E-state index in [1.54, 1.807) is 0 Å². The molecule has 4 aliphatic rings. The van der Waals surface area contributed by atoms with E-state index < -0.39 is 5.41 Å². The molecular weight excluding hydrogens is 546 g/mol. The highest BCUT2D eigenvalue weighted by atomic mass is 16.5. The highest BCUT2D eigenvalue weighted by molar-refractivity contribution is 5.89. The monoisotopic (exact) mass is 579 g/mol. The minimum atomic E-state index is -0.411. The molecule has 1 aliphatic heterocycles. The smallest absolute Gasteiger partial charge is 0.136 e. The van der Waals surface area contributed by atoms with Crippen LogP contribution in [0.5, 0.6) is 5.75 Å². The highest BCUT2D eigenvalue weighted by Crippen LogP contribution is 2.58. The van der Waals surface area contributed by atoms with Crippen LogP contribution in [0.1, 0.15) is 47.4 Å². The summed E-state index contributed by atoms with van der Waals surface area (Å²) in [5.74, 6) is 2.21. The third-order valence-corrected chi connectivity index (χ3v) is 9.91. The summed E-state index contributed by atoms with van der Waals surface area (Å²) in [4.78, 5) is 2.40. The number of nitrogens with zero attached hydrogens (tertiary/aromatic N) is 1. The lowest BCUT2D eigenvalue weighted by Gasteiger charge is -2.36. The first-order chi connectivity index (χ1) is 22.3. The first-order valence-electron chi connectivity index (χ1n) is 16.0. The SMILES string of the molecule is C1=CC(C2(c3ccccc3)c3ccccc3-c3ccc(N(C4=C5Oc6ccccc6C5CC=C4)c4ccccc4)cc32)=CCC1. The Morgan fingerprint density at radius 1 is 0.622 bits per heavy atom. The van der Waals surface area contributed by atoms with Gasteiger partial charge in [-0.25, -0.2) is 0 Å². The molecule has 0 amide bonds. The number of hydrogen-bond donors (Lipinski definition) is 0. The van der Waals surface area contributed by atoms with E-state index >= 15 is 0 Å². The number of anilines is 2. The van der Waals surface area contributed by atoms with Crippen LogP contribution in [0.3, 0.4) is 0 Å². The van der Waals surface area contributed by atoms with E-state index in [1.807, 2.05) is 0 Å². The summed E-state index contributed by atoms with van der Waals surface area (Å²) in [6.45, 7) is 0. The third-order valence-electron chi connectivity index (χ3n) is 9.91. The molecule has 45 heavy (non-hydrogen) atoms. The first-order valence-corrected chi connectivity index (χ1v) is 16.0. The summed E-state index contributed by atoms with van der Waals surface area (Å²) in [7, 11) is 0. The predicted octanol–water partition coefficient (Wildman–Crippen LogP) is 10.8. The summed E-state index contributed by atoms with van der Waals surface area (Å²) in [5.41, 5.74) is 12.1. The van der Waals surface area contributed by atoms with Gasteiger partial charge >= 0.3 is 0 Å². The lowest BCUT2D eigenvalue weighted by Crippen LogP contribution is -2.30. The van der Waals surface area contributed by atoms with Crippen LogP contribution < -0.4 is 9.64 Å². The molecule has 5 aromatic rings. The van der Waals surface area contributed by atoms with Gasteiger partial charge in [-0.2, -0.15) is 0 Å². The molecule has 5 aromatic carbocycles. The molecule has 0 bridgehead atoms. The molecule has 0 aromatic heterocycles. The Bertz CT molecular complexity index is 2070. The molecule has 1 heterocycles. The van der Waals surface area contributed by atoms with Gasteiger partial charge in [0.25, 0.3) is 0 Å². The van der Waals surface area contributed by atoms with Gasteiger partial charge in [-0.05, 0) is 89.1 Å². The summed E-state index contributed by atoms with van der Waals surface area (Å²) >= 11 is 0. The number of rotatable bonds is 5. The van der Waals surface area contributed by atoms with E-state index in [-0.39, 0.29) is 5.92 Å². The molecule has 216 valence electrons. The maximum Gasteiger partial charge on any atom is 0.136 e. The predicted molar refractivity (Wildman–Crippen MR) is 184 cm³/mol. The van der Waals surface area contributed by atoms with Crippen molar-refractivity contribution >= 4 is 11.4 Å². The fourth-order valence-corrected chi connectivity index (χ4v) is 8.02. The van der Waals surface area contributed by atoms with E-state index in [0.717, 1.165) is 47.8 Å². The number of hydrogen-bond acceptors (Lipinski definition) is 2. The molecule has 9 rings (SSSR count). The number of ether oxygens (including phenoxy) is 1. The van der Waals surface area contributed by atoms with Crippen molar-refractivity contribution in [3.63, 3.8) is 0 Å². The standard InChI is InChI=1S/C43H33NO/c1-4-15-30(16-5-1)43(31-17-6-2-7-18-31)38-24-12-10-21-34(38)35-28-27-33(29-39(35)43)44(32-19-8-3-9-20-32)40-25-14-23-37-36-22-11-13-26-41(36)45-42(37)40/h1,3-6,8-22,24-29,37H,2,7,23H2. The van der Waals surface area contributed by atoms with Crippen molar-refractivity contribution < 1.29 is 4.74 Å². The van der Waals surface area contributed by atoms with Gasteiger partial charge in [-0.3, -0.25) is 0 Å². The zero-order valence-electron chi connectivity index (χ0n) is 25.1. The number of fused-ring (bicyclic) bond motifs is 6.